The van der Waals surface area contributed by atoms with E-state index in [4.69, 9.17) is 60.8 Å². The Kier molecular flexibility index (Phi) is 26.1. The fraction of sp³-hybridized carbons (Fsp3) is 0.691. The van der Waals surface area contributed by atoms with Crippen LogP contribution in [0, 0.1) is 11.8 Å². The summed E-state index contributed by atoms with van der Waals surface area (Å²) in [5.41, 5.74) is 5.59. The highest BCUT2D eigenvalue weighted by Crippen LogP contribution is 2.47. The molecule has 4 saturated heterocycles. The average Bonchev–Trinajstić information content (AvgIpc) is 1.57. The lowest BCUT2D eigenvalue weighted by atomic mass is 9.79. The molecule has 7 rings (SSSR count). The van der Waals surface area contributed by atoms with Gasteiger partial charge in [0.05, 0.1) is 67.5 Å². The summed E-state index contributed by atoms with van der Waals surface area (Å²) < 4.78 is 73.4. The van der Waals surface area contributed by atoms with Crippen molar-refractivity contribution in [1.29, 1.82) is 0 Å². The molecule has 0 spiro atoms. The number of rotatable bonds is 22. The maximum absolute atomic E-state index is 13.9. The van der Waals surface area contributed by atoms with Crippen LogP contribution in [-0.2, 0) is 53.2 Å². The molecule has 0 saturated carbocycles. The third kappa shape index (κ3) is 18.0. The van der Waals surface area contributed by atoms with E-state index in [1.165, 1.54) is 0 Å². The number of nitrogens with zero attached hydrogens (tertiary/aromatic N) is 2. The van der Waals surface area contributed by atoms with Crippen LogP contribution in [0.5, 0.6) is 0 Å². The van der Waals surface area contributed by atoms with Gasteiger partial charge in [0.25, 0.3) is 0 Å². The van der Waals surface area contributed by atoms with Crippen molar-refractivity contribution in [3.63, 3.8) is 0 Å². The number of fused-ring (bicyclic) bond motifs is 9. The van der Waals surface area contributed by atoms with E-state index < -0.39 is 52.8 Å². The summed E-state index contributed by atoms with van der Waals surface area (Å²) in [6, 6.07) is 2.67. The van der Waals surface area contributed by atoms with Gasteiger partial charge in [-0.2, -0.15) is 0 Å². The van der Waals surface area contributed by atoms with E-state index in [-0.39, 0.29) is 67.1 Å². The maximum Gasteiger partial charge on any atom is 0.330 e. The molecule has 480 valence electrons. The van der Waals surface area contributed by atoms with Crippen LogP contribution in [0.15, 0.2) is 92.2 Å². The SMILES string of the molecule is C=C1C[C@@H]2C[C@@H]3C[C@H](O[Si](C(C)C)(C(C)C)C(C)C)C[C@@H](O3)c3coc(n3)/C=C/C[C@H]3O[C@@H](/C(C)=C/c4coc(C[C@]5(O[Si](CC)(CC)CC)C[C@H](OC)C[C@H]([C@H](O)/C=C(C)/C=C/[C@@H](C/C=C/Br)OC)O5)n4)[C@H](C)[C@@H](OC(=O)/C=C\C[C@@H](C1)O2)[C@H]3C. The summed E-state index contributed by atoms with van der Waals surface area (Å²) in [4.78, 5) is 25.9. The van der Waals surface area contributed by atoms with Gasteiger partial charge in [0, 0.05) is 57.8 Å². The molecule has 0 unspecified atom stereocenters. The Hall–Kier alpha value is -3.38. The van der Waals surface area contributed by atoms with Crippen LogP contribution in [0.4, 0.5) is 0 Å². The highest BCUT2D eigenvalue weighted by Gasteiger charge is 2.52. The topological polar surface area (TPSA) is 172 Å². The van der Waals surface area contributed by atoms with Crippen molar-refractivity contribution >= 4 is 50.7 Å². The Bertz CT molecular complexity index is 2640. The van der Waals surface area contributed by atoms with E-state index in [9.17, 15) is 9.90 Å². The first-order chi connectivity index (χ1) is 41.0. The molecule has 18 heteroatoms. The molecule has 86 heavy (non-hydrogen) atoms. The zero-order valence-corrected chi connectivity index (χ0v) is 58.1. The zero-order valence-electron chi connectivity index (χ0n) is 54.5. The molecule has 2 aromatic rings. The lowest BCUT2D eigenvalue weighted by Crippen LogP contribution is -2.57. The molecule has 8 bridgehead atoms. The number of carbonyl (C=O) groups excluding carboxylic acids is 1. The number of aromatic nitrogens is 2. The summed E-state index contributed by atoms with van der Waals surface area (Å²) in [6.45, 7) is 33.2. The van der Waals surface area contributed by atoms with Crippen molar-refractivity contribution in [2.75, 3.05) is 14.2 Å². The van der Waals surface area contributed by atoms with Crippen LogP contribution >= 0.6 is 15.9 Å². The molecule has 4 fully saturated rings. The summed E-state index contributed by atoms with van der Waals surface area (Å²) in [6.07, 6.45) is 23.2. The third-order valence-corrected chi connectivity index (χ3v) is 30.4. The van der Waals surface area contributed by atoms with Gasteiger partial charge in [0.1, 0.15) is 36.1 Å². The molecule has 15 atom stereocenters. The van der Waals surface area contributed by atoms with Gasteiger partial charge in [0.2, 0.25) is 14.2 Å². The van der Waals surface area contributed by atoms with Gasteiger partial charge in [-0.15, -0.1) is 0 Å². The fourth-order valence-corrected chi connectivity index (χ4v) is 23.3. The number of halogens is 1. The number of hydrogen-bond donors (Lipinski definition) is 1. The van der Waals surface area contributed by atoms with E-state index in [2.05, 4.69) is 98.7 Å². The smallest absolute Gasteiger partial charge is 0.330 e. The molecular formula is C68H105BrN2O13Si2. The monoisotopic (exact) mass is 1290 g/mol. The number of aliphatic hydroxyl groups is 1. The van der Waals surface area contributed by atoms with Gasteiger partial charge in [-0.1, -0.05) is 146 Å². The predicted molar refractivity (Wildman–Crippen MR) is 347 cm³/mol. The number of aliphatic hydroxyl groups excluding tert-OH is 1. The first-order valence-electron chi connectivity index (χ1n) is 32.2. The Morgan fingerprint density at radius 2 is 1.57 bits per heavy atom. The van der Waals surface area contributed by atoms with E-state index in [0.717, 1.165) is 59.8 Å². The summed E-state index contributed by atoms with van der Waals surface area (Å²) in [5.74, 6) is -1.06. The van der Waals surface area contributed by atoms with Crippen molar-refractivity contribution in [1.82, 2.24) is 9.97 Å². The fourth-order valence-electron chi connectivity index (χ4n) is 14.6. The van der Waals surface area contributed by atoms with Crippen molar-refractivity contribution in [2.24, 2.45) is 11.8 Å². The maximum atomic E-state index is 13.9. The summed E-state index contributed by atoms with van der Waals surface area (Å²) >= 11 is 3.34. The van der Waals surface area contributed by atoms with Gasteiger partial charge in [-0.05, 0) is 110 Å². The molecule has 7 heterocycles. The number of carbonyl (C=O) groups is 1. The Morgan fingerprint density at radius 3 is 2.24 bits per heavy atom. The van der Waals surface area contributed by atoms with Crippen molar-refractivity contribution in [2.45, 2.75) is 274 Å². The Labute approximate surface area is 525 Å². The molecule has 5 aliphatic heterocycles. The molecule has 0 aromatic carbocycles. The minimum atomic E-state index is -2.34. The number of esters is 1. The third-order valence-electron chi connectivity index (χ3n) is 19.2. The van der Waals surface area contributed by atoms with Crippen molar-refractivity contribution < 1.29 is 60.7 Å². The van der Waals surface area contributed by atoms with E-state index in [1.54, 1.807) is 32.8 Å². The first-order valence-corrected chi connectivity index (χ1v) is 37.8. The van der Waals surface area contributed by atoms with Crippen molar-refractivity contribution in [3.05, 3.63) is 107 Å². The second-order valence-electron chi connectivity index (χ2n) is 26.2. The molecule has 0 amide bonds. The molecule has 15 nitrogen and oxygen atoms in total. The lowest BCUT2D eigenvalue weighted by Gasteiger charge is -2.48. The lowest BCUT2D eigenvalue weighted by molar-refractivity contribution is -0.277. The molecule has 5 aliphatic rings. The highest BCUT2D eigenvalue weighted by atomic mass is 79.9. The Morgan fingerprint density at radius 1 is 0.860 bits per heavy atom. The van der Waals surface area contributed by atoms with E-state index in [1.807, 2.05) is 67.4 Å². The molecule has 1 N–H and O–H groups in total. The summed E-state index contributed by atoms with van der Waals surface area (Å²) in [7, 11) is -1.18. The average molecular weight is 1290 g/mol. The van der Waals surface area contributed by atoms with Crippen molar-refractivity contribution in [3.8, 4) is 0 Å². The van der Waals surface area contributed by atoms with Gasteiger partial charge in [0.15, 0.2) is 20.0 Å². The quantitative estimate of drug-likeness (QED) is 0.0510. The van der Waals surface area contributed by atoms with Crippen LogP contribution in [0.1, 0.15) is 183 Å². The van der Waals surface area contributed by atoms with Crippen LogP contribution in [0.25, 0.3) is 12.2 Å². The molecule has 0 aliphatic carbocycles. The zero-order chi connectivity index (χ0) is 62.5. The van der Waals surface area contributed by atoms with Crippen LogP contribution < -0.4 is 0 Å². The highest BCUT2D eigenvalue weighted by molar-refractivity contribution is 9.11. The van der Waals surface area contributed by atoms with Gasteiger partial charge < -0.3 is 56.0 Å². The number of methoxy groups -OCH3 is 2. The molecule has 2 aromatic heterocycles. The minimum absolute atomic E-state index is 0.00662. The summed E-state index contributed by atoms with van der Waals surface area (Å²) in [5, 5.41) is 11.9. The second kappa shape index (κ2) is 32.1. The second-order valence-corrected chi connectivity index (χ2v) is 36.9. The number of oxazole rings is 2. The minimum Gasteiger partial charge on any atom is -0.458 e. The van der Waals surface area contributed by atoms with Gasteiger partial charge in [-0.3, -0.25) is 0 Å². The number of ether oxygens (including phenoxy) is 7. The van der Waals surface area contributed by atoms with Crippen LogP contribution in [-0.4, -0.2) is 125 Å². The van der Waals surface area contributed by atoms with Gasteiger partial charge in [-0.25, -0.2) is 14.8 Å². The first kappa shape index (κ1) is 70.1. The van der Waals surface area contributed by atoms with Gasteiger partial charge >= 0.3 is 5.97 Å². The van der Waals surface area contributed by atoms with Crippen LogP contribution in [0.2, 0.25) is 34.8 Å². The van der Waals surface area contributed by atoms with Crippen LogP contribution in [0.3, 0.4) is 0 Å². The molecule has 0 radical (unpaired) electrons. The van der Waals surface area contributed by atoms with E-state index in [0.29, 0.717) is 79.0 Å². The standard InChI is InChI=1S/C68H105BrN2O13Si2/c1-17-85(18-2,19-3)84-68(39-57(75-16)38-62(82-68)59(72)33-46(10)28-29-52(74-15)24-22-30-69)40-64-70-51(41-76-64)34-48(12)66-50(14)67-49(13)60(80-66)25-21-26-63-71-58(42-77-63)61-37-56(83-86(43(4)5,44(6)7)45(8)9)36-55(79-61)35-54-32-47(11)31-53(78-54)23-20-27-65(73)81-67/h20-22,26-30,33-34,41-45,49-50,52-57,59-62,66-67,72H,11,17-19,23-25,31-32,35-40H2,1-10,12-16H3/b26-21+,27-20-,29-28+,30-22+,46-33+,48-34+/t49-,50-,52+,53-,54+,55+,56-,57+,59+,60+,61+,62+,66-,67-,68+/m0/s1. The largest absolute Gasteiger partial charge is 0.458 e. The van der Waals surface area contributed by atoms with E-state index >= 15 is 0 Å². The molecular weight excluding hydrogens is 1190 g/mol. The Balaban J connectivity index is 1.15. The normalized spacial score (nSPS) is 32.0. The number of allylic oxidation sites excluding steroid dienone is 2. The predicted octanol–water partition coefficient (Wildman–Crippen LogP) is 16.0. The number of hydrogen-bond acceptors (Lipinski definition) is 15.